The van der Waals surface area contributed by atoms with Gasteiger partial charge in [0, 0.05) is 43.1 Å². The number of urea groups is 1. The molecule has 3 aromatic rings. The van der Waals surface area contributed by atoms with Crippen LogP contribution in [0.25, 0.3) is 0 Å². The molecule has 1 aliphatic heterocycles. The highest BCUT2D eigenvalue weighted by Crippen LogP contribution is 2.16. The Labute approximate surface area is 193 Å². The lowest BCUT2D eigenvalue weighted by Gasteiger charge is -2.33. The minimum Gasteiger partial charge on any atom is -0.374 e. The molecule has 1 aliphatic rings. The molecular weight excluding hydrogens is 416 g/mol. The number of carbonyl (C=O) groups excluding carboxylic acids is 2. The molecule has 1 atom stereocenters. The third-order valence-corrected chi connectivity index (χ3v) is 5.38. The maximum Gasteiger partial charge on any atom is 0.319 e. The molecule has 170 valence electrons. The molecule has 0 radical (unpaired) electrons. The summed E-state index contributed by atoms with van der Waals surface area (Å²) < 4.78 is 5.82. The highest BCUT2D eigenvalue weighted by Gasteiger charge is 2.21. The zero-order valence-corrected chi connectivity index (χ0v) is 18.4. The fourth-order valence-corrected chi connectivity index (χ4v) is 3.74. The Morgan fingerprint density at radius 1 is 0.879 bits per heavy atom. The standard InChI is InChI=1S/C26H28N4O3/c31-25(21-10-5-2-6-11-21)28-22-12-7-13-23(16-22)29-26(32)27-17-24-19-30(14-15-33-24)18-20-8-3-1-4-9-20/h1-13,16,24H,14-15,17-19H2,(H,28,31)(H2,27,29,32). The van der Waals surface area contributed by atoms with Crippen LogP contribution in [-0.4, -0.2) is 49.2 Å². The van der Waals surface area contributed by atoms with Gasteiger partial charge in [-0.1, -0.05) is 54.6 Å². The van der Waals surface area contributed by atoms with E-state index < -0.39 is 0 Å². The van der Waals surface area contributed by atoms with Gasteiger partial charge in [0.05, 0.1) is 12.7 Å². The second kappa shape index (κ2) is 11.3. The maximum absolute atomic E-state index is 12.4. The number of anilines is 2. The zero-order chi connectivity index (χ0) is 22.9. The minimum atomic E-state index is -0.315. The molecule has 3 amide bonds. The third-order valence-electron chi connectivity index (χ3n) is 5.38. The van der Waals surface area contributed by atoms with Gasteiger partial charge in [0.15, 0.2) is 0 Å². The van der Waals surface area contributed by atoms with E-state index in [2.05, 4.69) is 33.0 Å². The van der Waals surface area contributed by atoms with E-state index in [0.29, 0.717) is 30.1 Å². The van der Waals surface area contributed by atoms with E-state index in [-0.39, 0.29) is 18.0 Å². The fraction of sp³-hybridized carbons (Fsp3) is 0.231. The molecule has 3 N–H and O–H groups in total. The molecule has 0 saturated carbocycles. The molecule has 1 unspecified atom stereocenters. The molecule has 33 heavy (non-hydrogen) atoms. The topological polar surface area (TPSA) is 82.7 Å². The Kier molecular flexibility index (Phi) is 7.68. The van der Waals surface area contributed by atoms with Gasteiger partial charge in [-0.15, -0.1) is 0 Å². The Morgan fingerprint density at radius 2 is 1.58 bits per heavy atom. The molecule has 1 heterocycles. The summed E-state index contributed by atoms with van der Waals surface area (Å²) in [4.78, 5) is 27.1. The quantitative estimate of drug-likeness (QED) is 0.515. The van der Waals surface area contributed by atoms with Crippen LogP contribution < -0.4 is 16.0 Å². The molecular formula is C26H28N4O3. The molecule has 3 aromatic carbocycles. The lowest BCUT2D eigenvalue weighted by atomic mass is 10.2. The monoisotopic (exact) mass is 444 g/mol. The van der Waals surface area contributed by atoms with Crippen molar-refractivity contribution in [2.75, 3.05) is 36.9 Å². The van der Waals surface area contributed by atoms with E-state index in [1.54, 1.807) is 36.4 Å². The number of nitrogens with zero attached hydrogens (tertiary/aromatic N) is 1. The first-order valence-electron chi connectivity index (χ1n) is 11.0. The van der Waals surface area contributed by atoms with Crippen LogP contribution in [0, 0.1) is 0 Å². The number of rotatable bonds is 7. The molecule has 7 nitrogen and oxygen atoms in total. The average molecular weight is 445 g/mol. The van der Waals surface area contributed by atoms with E-state index in [0.717, 1.165) is 19.6 Å². The molecule has 0 bridgehead atoms. The number of nitrogens with one attached hydrogen (secondary N) is 3. The van der Waals surface area contributed by atoms with Gasteiger partial charge < -0.3 is 20.7 Å². The largest absolute Gasteiger partial charge is 0.374 e. The summed E-state index contributed by atoms with van der Waals surface area (Å²) in [7, 11) is 0. The summed E-state index contributed by atoms with van der Waals surface area (Å²) in [5, 5.41) is 8.54. The second-order valence-electron chi connectivity index (χ2n) is 7.95. The number of amides is 3. The lowest BCUT2D eigenvalue weighted by molar-refractivity contribution is -0.0285. The Balaban J connectivity index is 1.24. The highest BCUT2D eigenvalue weighted by atomic mass is 16.5. The van der Waals surface area contributed by atoms with Gasteiger partial charge in [-0.3, -0.25) is 9.69 Å². The van der Waals surface area contributed by atoms with Crippen molar-refractivity contribution in [1.29, 1.82) is 0 Å². The van der Waals surface area contributed by atoms with Crippen LogP contribution in [0.4, 0.5) is 16.2 Å². The van der Waals surface area contributed by atoms with Gasteiger partial charge in [0.2, 0.25) is 0 Å². The van der Waals surface area contributed by atoms with Crippen molar-refractivity contribution in [2.45, 2.75) is 12.6 Å². The van der Waals surface area contributed by atoms with E-state index >= 15 is 0 Å². The third kappa shape index (κ3) is 6.90. The van der Waals surface area contributed by atoms with Gasteiger partial charge >= 0.3 is 6.03 Å². The highest BCUT2D eigenvalue weighted by molar-refractivity contribution is 6.04. The van der Waals surface area contributed by atoms with Crippen LogP contribution in [0.5, 0.6) is 0 Å². The summed E-state index contributed by atoms with van der Waals surface area (Å²) in [5.41, 5.74) is 3.04. The van der Waals surface area contributed by atoms with Crippen LogP contribution in [0.15, 0.2) is 84.9 Å². The van der Waals surface area contributed by atoms with Crippen LogP contribution >= 0.6 is 0 Å². The number of hydrogen-bond acceptors (Lipinski definition) is 4. The molecule has 1 fully saturated rings. The number of morpholine rings is 1. The summed E-state index contributed by atoms with van der Waals surface area (Å²) in [5.74, 6) is -0.202. The van der Waals surface area contributed by atoms with Crippen molar-refractivity contribution in [3.05, 3.63) is 96.1 Å². The van der Waals surface area contributed by atoms with E-state index in [4.69, 9.17) is 4.74 Å². The van der Waals surface area contributed by atoms with Crippen molar-refractivity contribution in [1.82, 2.24) is 10.2 Å². The van der Waals surface area contributed by atoms with Gasteiger partial charge in [-0.2, -0.15) is 0 Å². The molecule has 0 aliphatic carbocycles. The molecule has 0 aromatic heterocycles. The summed E-state index contributed by atoms with van der Waals surface area (Å²) in [6, 6.07) is 26.1. The molecule has 4 rings (SSSR count). The van der Waals surface area contributed by atoms with Crippen molar-refractivity contribution in [3.8, 4) is 0 Å². The number of carbonyl (C=O) groups is 2. The van der Waals surface area contributed by atoms with Crippen molar-refractivity contribution < 1.29 is 14.3 Å². The van der Waals surface area contributed by atoms with Gasteiger partial charge in [-0.25, -0.2) is 4.79 Å². The predicted molar refractivity (Wildman–Crippen MR) is 129 cm³/mol. The van der Waals surface area contributed by atoms with Crippen molar-refractivity contribution in [2.24, 2.45) is 0 Å². The number of hydrogen-bond donors (Lipinski definition) is 3. The predicted octanol–water partition coefficient (Wildman–Crippen LogP) is 3.96. The summed E-state index contributed by atoms with van der Waals surface area (Å²) >= 11 is 0. The van der Waals surface area contributed by atoms with Gasteiger partial charge in [-0.05, 0) is 35.9 Å². The average Bonchev–Trinajstić information content (AvgIpc) is 2.84. The van der Waals surface area contributed by atoms with Gasteiger partial charge in [0.25, 0.3) is 5.91 Å². The SMILES string of the molecule is O=C(NCC1CN(Cc2ccccc2)CCO1)Nc1cccc(NC(=O)c2ccccc2)c1. The summed E-state index contributed by atoms with van der Waals surface area (Å²) in [6.45, 7) is 3.56. The van der Waals surface area contributed by atoms with Gasteiger partial charge in [0.1, 0.15) is 0 Å². The smallest absolute Gasteiger partial charge is 0.319 e. The Bertz CT molecular complexity index is 1060. The summed E-state index contributed by atoms with van der Waals surface area (Å²) in [6.07, 6.45) is -0.0651. The first kappa shape index (κ1) is 22.5. The Morgan fingerprint density at radius 3 is 2.33 bits per heavy atom. The second-order valence-corrected chi connectivity index (χ2v) is 7.95. The molecule has 1 saturated heterocycles. The fourth-order valence-electron chi connectivity index (χ4n) is 3.74. The zero-order valence-electron chi connectivity index (χ0n) is 18.4. The van der Waals surface area contributed by atoms with E-state index in [1.165, 1.54) is 5.56 Å². The molecule has 7 heteroatoms. The normalized spacial score (nSPS) is 16.1. The number of benzene rings is 3. The minimum absolute atomic E-state index is 0.0651. The first-order valence-corrected chi connectivity index (χ1v) is 11.0. The first-order chi connectivity index (χ1) is 16.2. The lowest BCUT2D eigenvalue weighted by Crippen LogP contribution is -2.47. The van der Waals surface area contributed by atoms with Crippen LogP contribution in [0.3, 0.4) is 0 Å². The van der Waals surface area contributed by atoms with Crippen LogP contribution in [0.1, 0.15) is 15.9 Å². The maximum atomic E-state index is 12.4. The van der Waals surface area contributed by atoms with Crippen LogP contribution in [0.2, 0.25) is 0 Å². The van der Waals surface area contributed by atoms with Crippen molar-refractivity contribution in [3.63, 3.8) is 0 Å². The van der Waals surface area contributed by atoms with E-state index in [9.17, 15) is 9.59 Å². The van der Waals surface area contributed by atoms with Crippen molar-refractivity contribution >= 4 is 23.3 Å². The van der Waals surface area contributed by atoms with Crippen LogP contribution in [-0.2, 0) is 11.3 Å². The van der Waals surface area contributed by atoms with E-state index in [1.807, 2.05) is 36.4 Å². The Hall–Kier alpha value is -3.68. The molecule has 0 spiro atoms. The number of ether oxygens (including phenoxy) is 1.